The number of methoxy groups -OCH3 is 1. The van der Waals surface area contributed by atoms with Crippen LogP contribution in [0.15, 0.2) is 70.5 Å². The van der Waals surface area contributed by atoms with Crippen LogP contribution in [0.5, 0.6) is 23.0 Å². The molecular formula is C35H31F4N7O7. The molecule has 276 valence electrons. The highest BCUT2D eigenvalue weighted by Crippen LogP contribution is 2.26. The molecule has 4 aromatic heterocycles. The molecule has 2 N–H and O–H groups in total. The molecule has 1 atom stereocenters. The van der Waals surface area contributed by atoms with Crippen LogP contribution >= 0.6 is 0 Å². The summed E-state index contributed by atoms with van der Waals surface area (Å²) in [5.41, 5.74) is -1.66. The van der Waals surface area contributed by atoms with Gasteiger partial charge in [-0.1, -0.05) is 0 Å². The van der Waals surface area contributed by atoms with E-state index in [9.17, 15) is 37.1 Å². The zero-order chi connectivity index (χ0) is 38.8. The molecule has 0 radical (unpaired) electrons. The van der Waals surface area contributed by atoms with E-state index in [1.54, 1.807) is 20.8 Å². The van der Waals surface area contributed by atoms with Gasteiger partial charge in [0, 0.05) is 49.4 Å². The third-order valence-corrected chi connectivity index (χ3v) is 7.83. The van der Waals surface area contributed by atoms with Crippen molar-refractivity contribution in [2.24, 2.45) is 14.1 Å². The topological polar surface area (TPSA) is 173 Å². The minimum Gasteiger partial charge on any atom is -0.463 e. The Labute approximate surface area is 297 Å². The summed E-state index contributed by atoms with van der Waals surface area (Å²) in [7, 11) is 4.09. The first-order valence-electron chi connectivity index (χ1n) is 15.5. The number of carbonyl (C=O) groups excluding carboxylic acids is 1. The predicted octanol–water partition coefficient (Wildman–Crippen LogP) is 5.16. The number of aliphatic hydroxyl groups is 1. The average molecular weight is 738 g/mol. The minimum atomic E-state index is -0.999. The Kier molecular flexibility index (Phi) is 10.7. The Bertz CT molecular complexity index is 2490. The predicted molar refractivity (Wildman–Crippen MR) is 183 cm³/mol. The zero-order valence-electron chi connectivity index (χ0n) is 28.9. The number of rotatable bonds is 8. The Balaban J connectivity index is 0.000000206. The van der Waals surface area contributed by atoms with Crippen molar-refractivity contribution >= 4 is 34.0 Å². The monoisotopic (exact) mass is 737 g/mol. The summed E-state index contributed by atoms with van der Waals surface area (Å²) in [6.07, 6.45) is 2.79. The van der Waals surface area contributed by atoms with E-state index in [2.05, 4.69) is 30.0 Å². The van der Waals surface area contributed by atoms with Crippen LogP contribution < -0.4 is 25.9 Å². The van der Waals surface area contributed by atoms with E-state index in [1.807, 2.05) is 0 Å². The van der Waals surface area contributed by atoms with Crippen LogP contribution in [0, 0.1) is 23.3 Å². The Morgan fingerprint density at radius 3 is 1.70 bits per heavy atom. The number of ether oxygens (including phenoxy) is 3. The molecule has 0 unspecified atom stereocenters. The van der Waals surface area contributed by atoms with Crippen molar-refractivity contribution in [3.8, 4) is 23.0 Å². The van der Waals surface area contributed by atoms with Crippen molar-refractivity contribution in [2.75, 3.05) is 12.4 Å². The van der Waals surface area contributed by atoms with Gasteiger partial charge in [-0.15, -0.1) is 0 Å². The van der Waals surface area contributed by atoms with Crippen LogP contribution in [0.1, 0.15) is 31.4 Å². The number of nitrogens with one attached hydrogen (secondary N) is 1. The number of anilines is 1. The van der Waals surface area contributed by atoms with Gasteiger partial charge < -0.3 is 24.6 Å². The molecule has 6 rings (SSSR count). The summed E-state index contributed by atoms with van der Waals surface area (Å²) in [5.74, 6) is -4.99. The number of nitrogens with zero attached hydrogens (tertiary/aromatic N) is 6. The van der Waals surface area contributed by atoms with E-state index < -0.39 is 46.0 Å². The first-order valence-corrected chi connectivity index (χ1v) is 15.5. The Hall–Kier alpha value is -6.43. The molecule has 0 saturated heterocycles. The van der Waals surface area contributed by atoms with Gasteiger partial charge in [0.25, 0.3) is 11.1 Å². The maximum absolute atomic E-state index is 13.8. The molecular weight excluding hydrogens is 706 g/mol. The number of hydrogen-bond acceptors (Lipinski definition) is 12. The lowest BCUT2D eigenvalue weighted by molar-refractivity contribution is 0.0586. The number of pyridine rings is 2. The van der Waals surface area contributed by atoms with Crippen molar-refractivity contribution in [3.05, 3.63) is 111 Å². The quantitative estimate of drug-likeness (QED) is 0.156. The number of carbonyl (C=O) groups is 1. The highest BCUT2D eigenvalue weighted by atomic mass is 19.1. The fourth-order valence-corrected chi connectivity index (χ4v) is 4.56. The van der Waals surface area contributed by atoms with Crippen LogP contribution in [0.4, 0.5) is 23.5 Å². The molecule has 0 aliphatic carbocycles. The lowest BCUT2D eigenvalue weighted by atomic mass is 10.0. The molecule has 18 heteroatoms. The van der Waals surface area contributed by atoms with Crippen LogP contribution in [0.2, 0.25) is 0 Å². The van der Waals surface area contributed by atoms with Crippen molar-refractivity contribution in [1.29, 1.82) is 0 Å². The van der Waals surface area contributed by atoms with Gasteiger partial charge in [0.2, 0.25) is 11.8 Å². The number of benzene rings is 2. The summed E-state index contributed by atoms with van der Waals surface area (Å²) in [6, 6.07) is 7.90. The average Bonchev–Trinajstić information content (AvgIpc) is 3.11. The van der Waals surface area contributed by atoms with Crippen molar-refractivity contribution in [3.63, 3.8) is 0 Å². The summed E-state index contributed by atoms with van der Waals surface area (Å²) in [5, 5.41) is 13.9. The molecule has 4 heterocycles. The standard InChI is InChI=1S/C19H20F2N4O3.C16H11F2N3O4/c1-10(19(2,3)27)23-18-22-9-11-7-15(17(26)25(4)16(11)24-18)28-14-6-5-12(20)8-13(14)21;1-21-14-8(7-19-13(20-14)16(23)24-2)5-12(15(21)22)25-11-4-3-9(17)6-10(11)18/h5-10,27H,1-4H3,(H,22,23,24);3-7H,1-2H3/t10-;/m0./s1. The highest BCUT2D eigenvalue weighted by Gasteiger charge is 2.23. The molecule has 0 bridgehead atoms. The first kappa shape index (κ1) is 37.8. The second-order valence-electron chi connectivity index (χ2n) is 12.1. The van der Waals surface area contributed by atoms with E-state index in [4.69, 9.17) is 9.47 Å². The SMILES string of the molecule is COC(=O)c1ncc2cc(Oc3ccc(F)cc3F)c(=O)n(C)c2n1.C[C@H](Nc1ncc2cc(Oc3ccc(F)cc3F)c(=O)n(C)c2n1)C(C)(C)O. The van der Waals surface area contributed by atoms with Gasteiger partial charge in [0.1, 0.15) is 22.9 Å². The van der Waals surface area contributed by atoms with E-state index in [-0.39, 0.29) is 46.5 Å². The number of esters is 1. The smallest absolute Gasteiger partial charge is 0.376 e. The fourth-order valence-electron chi connectivity index (χ4n) is 4.56. The van der Waals surface area contributed by atoms with Crippen molar-refractivity contribution in [2.45, 2.75) is 32.4 Å². The van der Waals surface area contributed by atoms with Gasteiger partial charge in [0.15, 0.2) is 34.6 Å². The molecule has 0 spiro atoms. The lowest BCUT2D eigenvalue weighted by Crippen LogP contribution is -2.39. The Morgan fingerprint density at radius 1 is 0.774 bits per heavy atom. The molecule has 0 amide bonds. The molecule has 0 aliphatic rings. The number of hydrogen-bond donors (Lipinski definition) is 2. The maximum atomic E-state index is 13.8. The van der Waals surface area contributed by atoms with Gasteiger partial charge in [0.05, 0.1) is 18.8 Å². The third kappa shape index (κ3) is 8.39. The van der Waals surface area contributed by atoms with Crippen molar-refractivity contribution in [1.82, 2.24) is 29.1 Å². The highest BCUT2D eigenvalue weighted by molar-refractivity contribution is 5.87. The van der Waals surface area contributed by atoms with Crippen LogP contribution in [0.3, 0.4) is 0 Å². The number of aromatic nitrogens is 6. The summed E-state index contributed by atoms with van der Waals surface area (Å²) >= 11 is 0. The van der Waals surface area contributed by atoms with E-state index in [0.29, 0.717) is 28.6 Å². The number of fused-ring (bicyclic) bond motifs is 2. The molecule has 14 nitrogen and oxygen atoms in total. The molecule has 0 saturated carbocycles. The van der Waals surface area contributed by atoms with E-state index in [0.717, 1.165) is 28.8 Å². The second kappa shape index (κ2) is 15.0. The second-order valence-corrected chi connectivity index (χ2v) is 12.1. The van der Waals surface area contributed by atoms with E-state index in [1.165, 1.54) is 50.3 Å². The lowest BCUT2D eigenvalue weighted by Gasteiger charge is -2.26. The van der Waals surface area contributed by atoms with Crippen LogP contribution in [-0.2, 0) is 18.8 Å². The summed E-state index contributed by atoms with van der Waals surface area (Å²) in [4.78, 5) is 52.8. The van der Waals surface area contributed by atoms with Crippen LogP contribution in [-0.4, -0.2) is 58.9 Å². The minimum absolute atomic E-state index is 0.144. The maximum Gasteiger partial charge on any atom is 0.376 e. The zero-order valence-corrected chi connectivity index (χ0v) is 28.9. The molecule has 2 aromatic carbocycles. The summed E-state index contributed by atoms with van der Waals surface area (Å²) < 4.78 is 71.0. The van der Waals surface area contributed by atoms with Gasteiger partial charge >= 0.3 is 5.97 Å². The first-order chi connectivity index (χ1) is 25.0. The summed E-state index contributed by atoms with van der Waals surface area (Å²) in [6.45, 7) is 5.08. The Morgan fingerprint density at radius 2 is 1.25 bits per heavy atom. The van der Waals surface area contributed by atoms with E-state index >= 15 is 0 Å². The molecule has 53 heavy (non-hydrogen) atoms. The molecule has 6 aromatic rings. The van der Waals surface area contributed by atoms with Crippen molar-refractivity contribution < 1.29 is 41.7 Å². The fraction of sp³-hybridized carbons (Fsp3) is 0.229. The van der Waals surface area contributed by atoms with Gasteiger partial charge in [-0.2, -0.15) is 4.98 Å². The van der Waals surface area contributed by atoms with Gasteiger partial charge in [-0.3, -0.25) is 18.7 Å². The molecule has 0 fully saturated rings. The van der Waals surface area contributed by atoms with Crippen LogP contribution in [0.25, 0.3) is 22.1 Å². The molecule has 0 aliphatic heterocycles. The number of aryl methyl sites for hydroxylation is 2. The van der Waals surface area contributed by atoms with Gasteiger partial charge in [-0.05, 0) is 57.2 Å². The largest absolute Gasteiger partial charge is 0.463 e. The normalized spacial score (nSPS) is 11.8. The third-order valence-electron chi connectivity index (χ3n) is 7.83. The van der Waals surface area contributed by atoms with Gasteiger partial charge in [-0.25, -0.2) is 37.3 Å². The number of halogens is 4.